The summed E-state index contributed by atoms with van der Waals surface area (Å²) in [5.41, 5.74) is 3.31. The Morgan fingerprint density at radius 2 is 1.59 bits per heavy atom. The lowest BCUT2D eigenvalue weighted by Gasteiger charge is -2.30. The standard InChI is InChI=1S/C23H30N2O2/c1-17(2)24-23(27)19(4)25(16-21-13-9-8-10-18(21)3)22(26)15-14-20-11-6-5-7-12-20/h5-13,17,19H,14-16H2,1-4H3,(H,24,27)/t19-/m0/s1. The van der Waals surface area contributed by atoms with E-state index in [2.05, 4.69) is 5.32 Å². The molecule has 27 heavy (non-hydrogen) atoms. The quantitative estimate of drug-likeness (QED) is 0.771. The largest absolute Gasteiger partial charge is 0.352 e. The van der Waals surface area contributed by atoms with Crippen molar-refractivity contribution >= 4 is 11.8 Å². The van der Waals surface area contributed by atoms with Gasteiger partial charge in [0.25, 0.3) is 0 Å². The maximum Gasteiger partial charge on any atom is 0.242 e. The first kappa shape index (κ1) is 20.7. The molecule has 0 radical (unpaired) electrons. The van der Waals surface area contributed by atoms with E-state index in [0.29, 0.717) is 19.4 Å². The summed E-state index contributed by atoms with van der Waals surface area (Å²) in [5.74, 6) is -0.125. The maximum absolute atomic E-state index is 13.0. The van der Waals surface area contributed by atoms with Gasteiger partial charge in [0.05, 0.1) is 0 Å². The number of rotatable bonds is 8. The number of amides is 2. The number of carbonyl (C=O) groups is 2. The third-order valence-electron chi connectivity index (χ3n) is 4.67. The molecular weight excluding hydrogens is 336 g/mol. The molecule has 2 aromatic carbocycles. The summed E-state index contributed by atoms with van der Waals surface area (Å²) < 4.78 is 0. The normalized spacial score (nSPS) is 11.9. The van der Waals surface area contributed by atoms with Gasteiger partial charge in [0.15, 0.2) is 0 Å². The zero-order valence-corrected chi connectivity index (χ0v) is 16.7. The lowest BCUT2D eigenvalue weighted by atomic mass is 10.1. The molecule has 144 valence electrons. The predicted octanol–water partition coefficient (Wildman–Crippen LogP) is 3.87. The van der Waals surface area contributed by atoms with E-state index in [9.17, 15) is 9.59 Å². The number of nitrogens with one attached hydrogen (secondary N) is 1. The monoisotopic (exact) mass is 366 g/mol. The Balaban J connectivity index is 2.15. The second kappa shape index (κ2) is 9.91. The highest BCUT2D eigenvalue weighted by molar-refractivity contribution is 5.87. The fourth-order valence-corrected chi connectivity index (χ4v) is 3.00. The van der Waals surface area contributed by atoms with Crippen LogP contribution >= 0.6 is 0 Å². The molecule has 0 spiro atoms. The lowest BCUT2D eigenvalue weighted by molar-refractivity contribution is -0.140. The van der Waals surface area contributed by atoms with Crippen LogP contribution in [-0.4, -0.2) is 28.8 Å². The van der Waals surface area contributed by atoms with E-state index in [4.69, 9.17) is 0 Å². The molecule has 0 aliphatic heterocycles. The molecule has 0 unspecified atom stereocenters. The molecule has 0 aromatic heterocycles. The van der Waals surface area contributed by atoms with Crippen LogP contribution in [0.1, 0.15) is 43.9 Å². The van der Waals surface area contributed by atoms with E-state index in [1.165, 1.54) is 0 Å². The first-order valence-corrected chi connectivity index (χ1v) is 9.56. The molecule has 2 aromatic rings. The van der Waals surface area contributed by atoms with Gasteiger partial charge in [-0.3, -0.25) is 9.59 Å². The number of carbonyl (C=O) groups excluding carboxylic acids is 2. The van der Waals surface area contributed by atoms with Gasteiger partial charge in [-0.2, -0.15) is 0 Å². The maximum atomic E-state index is 13.0. The molecule has 1 N–H and O–H groups in total. The van der Waals surface area contributed by atoms with Gasteiger partial charge in [-0.25, -0.2) is 0 Å². The summed E-state index contributed by atoms with van der Waals surface area (Å²) in [4.78, 5) is 27.3. The number of hydrogen-bond donors (Lipinski definition) is 1. The molecule has 0 fully saturated rings. The van der Waals surface area contributed by atoms with Crippen LogP contribution in [0.15, 0.2) is 54.6 Å². The number of benzene rings is 2. The topological polar surface area (TPSA) is 49.4 Å². The summed E-state index contributed by atoms with van der Waals surface area (Å²) in [5, 5.41) is 2.92. The fourth-order valence-electron chi connectivity index (χ4n) is 3.00. The van der Waals surface area contributed by atoms with Crippen LogP contribution in [0.2, 0.25) is 0 Å². The summed E-state index contributed by atoms with van der Waals surface area (Å²) in [6, 6.07) is 17.5. The summed E-state index contributed by atoms with van der Waals surface area (Å²) >= 11 is 0. The van der Waals surface area contributed by atoms with Crippen LogP contribution in [0, 0.1) is 6.92 Å². The Morgan fingerprint density at radius 1 is 0.963 bits per heavy atom. The molecule has 2 amide bonds. The Labute approximate surface area is 162 Å². The molecule has 0 saturated carbocycles. The van der Waals surface area contributed by atoms with Crippen LogP contribution in [0.5, 0.6) is 0 Å². The number of hydrogen-bond acceptors (Lipinski definition) is 2. The Hall–Kier alpha value is -2.62. The van der Waals surface area contributed by atoms with Gasteiger partial charge < -0.3 is 10.2 Å². The minimum atomic E-state index is -0.518. The first-order valence-electron chi connectivity index (χ1n) is 9.56. The summed E-state index contributed by atoms with van der Waals surface area (Å²) in [6.45, 7) is 8.12. The number of nitrogens with zero attached hydrogens (tertiary/aromatic N) is 1. The summed E-state index contributed by atoms with van der Waals surface area (Å²) in [6.07, 6.45) is 1.05. The van der Waals surface area contributed by atoms with E-state index in [-0.39, 0.29) is 17.9 Å². The summed E-state index contributed by atoms with van der Waals surface area (Å²) in [7, 11) is 0. The SMILES string of the molecule is Cc1ccccc1CN(C(=O)CCc1ccccc1)[C@@H](C)C(=O)NC(C)C. The van der Waals surface area contributed by atoms with Gasteiger partial charge in [-0.05, 0) is 50.8 Å². The van der Waals surface area contributed by atoms with Crippen molar-refractivity contribution < 1.29 is 9.59 Å². The third-order valence-corrected chi connectivity index (χ3v) is 4.67. The zero-order valence-electron chi connectivity index (χ0n) is 16.7. The van der Waals surface area contributed by atoms with Crippen LogP contribution in [0.4, 0.5) is 0 Å². The molecular formula is C23H30N2O2. The van der Waals surface area contributed by atoms with Crippen molar-refractivity contribution in [1.29, 1.82) is 0 Å². The van der Waals surface area contributed by atoms with Crippen LogP contribution in [-0.2, 0) is 22.6 Å². The van der Waals surface area contributed by atoms with Gasteiger partial charge in [0, 0.05) is 19.0 Å². The van der Waals surface area contributed by atoms with E-state index in [1.54, 1.807) is 11.8 Å². The molecule has 4 heteroatoms. The van der Waals surface area contributed by atoms with Gasteiger partial charge >= 0.3 is 0 Å². The van der Waals surface area contributed by atoms with Gasteiger partial charge in [0.1, 0.15) is 6.04 Å². The molecule has 4 nitrogen and oxygen atoms in total. The molecule has 0 aliphatic rings. The minimum Gasteiger partial charge on any atom is -0.352 e. The van der Waals surface area contributed by atoms with Gasteiger partial charge in [-0.15, -0.1) is 0 Å². The fraction of sp³-hybridized carbons (Fsp3) is 0.391. The Kier molecular flexibility index (Phi) is 7.59. The molecule has 1 atom stereocenters. The van der Waals surface area contributed by atoms with Crippen molar-refractivity contribution in [3.63, 3.8) is 0 Å². The first-order chi connectivity index (χ1) is 12.9. The average Bonchev–Trinajstić information content (AvgIpc) is 2.65. The van der Waals surface area contributed by atoms with Crippen LogP contribution in [0.3, 0.4) is 0 Å². The van der Waals surface area contributed by atoms with E-state index in [0.717, 1.165) is 16.7 Å². The highest BCUT2D eigenvalue weighted by Crippen LogP contribution is 2.15. The minimum absolute atomic E-state index is 0.00601. The van der Waals surface area contributed by atoms with E-state index >= 15 is 0 Å². The number of aryl methyl sites for hydroxylation is 2. The average molecular weight is 367 g/mol. The van der Waals surface area contributed by atoms with E-state index < -0.39 is 6.04 Å². The molecule has 0 bridgehead atoms. The second-order valence-electron chi connectivity index (χ2n) is 7.27. The Morgan fingerprint density at radius 3 is 2.22 bits per heavy atom. The lowest BCUT2D eigenvalue weighted by Crippen LogP contribution is -2.49. The van der Waals surface area contributed by atoms with Crippen molar-refractivity contribution in [2.45, 2.75) is 59.2 Å². The predicted molar refractivity (Wildman–Crippen MR) is 109 cm³/mol. The zero-order chi connectivity index (χ0) is 19.8. The molecule has 0 aliphatic carbocycles. The van der Waals surface area contributed by atoms with Gasteiger partial charge in [-0.1, -0.05) is 54.6 Å². The smallest absolute Gasteiger partial charge is 0.242 e. The van der Waals surface area contributed by atoms with Crippen molar-refractivity contribution in [1.82, 2.24) is 10.2 Å². The van der Waals surface area contributed by atoms with Gasteiger partial charge in [0.2, 0.25) is 11.8 Å². The molecule has 0 heterocycles. The van der Waals surface area contributed by atoms with Crippen LogP contribution < -0.4 is 5.32 Å². The third kappa shape index (κ3) is 6.24. The molecule has 0 saturated heterocycles. The van der Waals surface area contributed by atoms with E-state index in [1.807, 2.05) is 75.4 Å². The highest BCUT2D eigenvalue weighted by Gasteiger charge is 2.26. The van der Waals surface area contributed by atoms with Crippen molar-refractivity contribution in [3.05, 3.63) is 71.3 Å². The molecule has 2 rings (SSSR count). The Bertz CT molecular complexity index is 756. The van der Waals surface area contributed by atoms with Crippen molar-refractivity contribution in [2.24, 2.45) is 0 Å². The highest BCUT2D eigenvalue weighted by atomic mass is 16.2. The van der Waals surface area contributed by atoms with Crippen molar-refractivity contribution in [2.75, 3.05) is 0 Å². The van der Waals surface area contributed by atoms with Crippen LogP contribution in [0.25, 0.3) is 0 Å². The second-order valence-corrected chi connectivity index (χ2v) is 7.27. The van der Waals surface area contributed by atoms with Crippen molar-refractivity contribution in [3.8, 4) is 0 Å².